The van der Waals surface area contributed by atoms with Crippen LogP contribution in [0.4, 0.5) is 0 Å². The molecule has 0 amide bonds. The van der Waals surface area contributed by atoms with Crippen molar-refractivity contribution in [2.45, 2.75) is 33.4 Å². The van der Waals surface area contributed by atoms with Gasteiger partial charge in [-0.05, 0) is 47.7 Å². The zero-order valence-corrected chi connectivity index (χ0v) is 14.7. The van der Waals surface area contributed by atoms with Gasteiger partial charge in [0.15, 0.2) is 11.5 Å². The highest BCUT2D eigenvalue weighted by molar-refractivity contribution is 5.43. The monoisotopic (exact) mass is 329 g/mol. The molecule has 0 atom stereocenters. The molecule has 0 aliphatic heterocycles. The minimum Gasteiger partial charge on any atom is -0.508 e. The summed E-state index contributed by atoms with van der Waals surface area (Å²) in [6.45, 7) is 6.48. The summed E-state index contributed by atoms with van der Waals surface area (Å²) in [7, 11) is 1.66. The van der Waals surface area contributed by atoms with Crippen LogP contribution in [-0.2, 0) is 13.1 Å². The molecular weight excluding hydrogens is 302 g/mol. The summed E-state index contributed by atoms with van der Waals surface area (Å²) in [6, 6.07) is 13.3. The van der Waals surface area contributed by atoms with Gasteiger partial charge in [-0.25, -0.2) is 0 Å². The molecule has 130 valence electrons. The zero-order valence-electron chi connectivity index (χ0n) is 14.7. The lowest BCUT2D eigenvalue weighted by atomic mass is 10.1. The van der Waals surface area contributed by atoms with Gasteiger partial charge in [0, 0.05) is 13.1 Å². The van der Waals surface area contributed by atoms with E-state index in [9.17, 15) is 5.11 Å². The van der Waals surface area contributed by atoms with Crippen LogP contribution in [0.3, 0.4) is 0 Å². The van der Waals surface area contributed by atoms with Crippen molar-refractivity contribution >= 4 is 0 Å². The Morgan fingerprint density at radius 1 is 1.00 bits per heavy atom. The number of phenolic OH excluding ortho intramolecular Hbond substituents is 1. The summed E-state index contributed by atoms with van der Waals surface area (Å²) in [5.41, 5.74) is 2.18. The predicted molar refractivity (Wildman–Crippen MR) is 96.6 cm³/mol. The van der Waals surface area contributed by atoms with Crippen molar-refractivity contribution in [2.24, 2.45) is 5.92 Å². The van der Waals surface area contributed by atoms with Crippen molar-refractivity contribution in [1.29, 1.82) is 0 Å². The Morgan fingerprint density at radius 2 is 1.75 bits per heavy atom. The quantitative estimate of drug-likeness (QED) is 0.727. The van der Waals surface area contributed by atoms with Crippen molar-refractivity contribution in [3.63, 3.8) is 0 Å². The zero-order chi connectivity index (χ0) is 17.4. The van der Waals surface area contributed by atoms with Crippen molar-refractivity contribution in [3.05, 3.63) is 53.6 Å². The molecule has 0 radical (unpaired) electrons. The third kappa shape index (κ3) is 5.78. The van der Waals surface area contributed by atoms with Gasteiger partial charge in [-0.1, -0.05) is 32.0 Å². The second kappa shape index (κ2) is 9.18. The highest BCUT2D eigenvalue weighted by Crippen LogP contribution is 2.28. The molecular formula is C20H27NO3. The SMILES string of the molecule is COc1cc(CNCc2cccc(O)c2)ccc1OCCC(C)C. The lowest BCUT2D eigenvalue weighted by molar-refractivity contribution is 0.273. The minimum atomic E-state index is 0.291. The first-order valence-corrected chi connectivity index (χ1v) is 8.37. The number of benzene rings is 2. The van der Waals surface area contributed by atoms with Gasteiger partial charge in [0.25, 0.3) is 0 Å². The topological polar surface area (TPSA) is 50.7 Å². The van der Waals surface area contributed by atoms with Gasteiger partial charge in [0.2, 0.25) is 0 Å². The van der Waals surface area contributed by atoms with E-state index in [-0.39, 0.29) is 0 Å². The molecule has 0 aliphatic rings. The highest BCUT2D eigenvalue weighted by Gasteiger charge is 2.06. The molecule has 0 saturated carbocycles. The Kier molecular flexibility index (Phi) is 6.94. The Morgan fingerprint density at radius 3 is 2.42 bits per heavy atom. The maximum Gasteiger partial charge on any atom is 0.161 e. The van der Waals surface area contributed by atoms with Crippen LogP contribution in [0, 0.1) is 5.92 Å². The van der Waals surface area contributed by atoms with Crippen molar-refractivity contribution in [1.82, 2.24) is 5.32 Å². The molecule has 2 N–H and O–H groups in total. The Labute approximate surface area is 144 Å². The van der Waals surface area contributed by atoms with E-state index in [0.29, 0.717) is 24.8 Å². The first-order chi connectivity index (χ1) is 11.6. The van der Waals surface area contributed by atoms with Crippen LogP contribution in [0.25, 0.3) is 0 Å². The number of nitrogens with one attached hydrogen (secondary N) is 1. The average molecular weight is 329 g/mol. The molecule has 0 spiro atoms. The smallest absolute Gasteiger partial charge is 0.161 e. The molecule has 0 heterocycles. The van der Waals surface area contributed by atoms with Crippen LogP contribution >= 0.6 is 0 Å². The molecule has 0 aromatic heterocycles. The van der Waals surface area contributed by atoms with Crippen LogP contribution < -0.4 is 14.8 Å². The molecule has 0 aliphatic carbocycles. The number of methoxy groups -OCH3 is 1. The van der Waals surface area contributed by atoms with Crippen LogP contribution in [0.1, 0.15) is 31.4 Å². The van der Waals surface area contributed by atoms with Crippen LogP contribution in [0.5, 0.6) is 17.2 Å². The van der Waals surface area contributed by atoms with E-state index in [0.717, 1.165) is 35.6 Å². The van der Waals surface area contributed by atoms with E-state index in [1.165, 1.54) is 0 Å². The van der Waals surface area contributed by atoms with Crippen molar-refractivity contribution in [3.8, 4) is 17.2 Å². The molecule has 0 fully saturated rings. The molecule has 0 bridgehead atoms. The fourth-order valence-corrected chi connectivity index (χ4v) is 2.36. The molecule has 2 aromatic rings. The van der Waals surface area contributed by atoms with Crippen molar-refractivity contribution < 1.29 is 14.6 Å². The number of ether oxygens (including phenoxy) is 2. The van der Waals surface area contributed by atoms with E-state index in [2.05, 4.69) is 19.2 Å². The average Bonchev–Trinajstić information content (AvgIpc) is 2.55. The fraction of sp³-hybridized carbons (Fsp3) is 0.400. The Balaban J connectivity index is 1.89. The standard InChI is InChI=1S/C20H27NO3/c1-15(2)9-10-24-19-8-7-17(12-20(19)23-3)14-21-13-16-5-4-6-18(22)11-16/h4-8,11-12,15,21-22H,9-10,13-14H2,1-3H3. The summed E-state index contributed by atoms with van der Waals surface area (Å²) < 4.78 is 11.2. The van der Waals surface area contributed by atoms with E-state index < -0.39 is 0 Å². The number of rotatable bonds is 9. The first kappa shape index (κ1) is 18.1. The lowest BCUT2D eigenvalue weighted by Crippen LogP contribution is -2.12. The lowest BCUT2D eigenvalue weighted by Gasteiger charge is -2.13. The summed E-state index contributed by atoms with van der Waals surface area (Å²) in [5.74, 6) is 2.46. The number of hydrogen-bond donors (Lipinski definition) is 2. The third-order valence-corrected chi connectivity index (χ3v) is 3.75. The van der Waals surface area contributed by atoms with E-state index >= 15 is 0 Å². The molecule has 4 heteroatoms. The number of phenols is 1. The van der Waals surface area contributed by atoms with Gasteiger partial charge in [0.1, 0.15) is 5.75 Å². The van der Waals surface area contributed by atoms with E-state index in [1.807, 2.05) is 30.3 Å². The van der Waals surface area contributed by atoms with Gasteiger partial charge < -0.3 is 19.9 Å². The Hall–Kier alpha value is -2.20. The van der Waals surface area contributed by atoms with Crippen molar-refractivity contribution in [2.75, 3.05) is 13.7 Å². The maximum absolute atomic E-state index is 9.48. The first-order valence-electron chi connectivity index (χ1n) is 8.37. The minimum absolute atomic E-state index is 0.291. The fourth-order valence-electron chi connectivity index (χ4n) is 2.36. The molecule has 24 heavy (non-hydrogen) atoms. The van der Waals surface area contributed by atoms with Gasteiger partial charge in [-0.15, -0.1) is 0 Å². The van der Waals surface area contributed by atoms with E-state index in [1.54, 1.807) is 19.2 Å². The normalized spacial score (nSPS) is 10.8. The molecule has 4 nitrogen and oxygen atoms in total. The summed E-state index contributed by atoms with van der Waals surface area (Å²) in [4.78, 5) is 0. The highest BCUT2D eigenvalue weighted by atomic mass is 16.5. The van der Waals surface area contributed by atoms with E-state index in [4.69, 9.17) is 9.47 Å². The summed E-state index contributed by atoms with van der Waals surface area (Å²) in [6.07, 6.45) is 1.02. The van der Waals surface area contributed by atoms with Crippen LogP contribution in [0.15, 0.2) is 42.5 Å². The van der Waals surface area contributed by atoms with Crippen LogP contribution in [0.2, 0.25) is 0 Å². The summed E-state index contributed by atoms with van der Waals surface area (Å²) in [5, 5.41) is 12.8. The number of aromatic hydroxyl groups is 1. The summed E-state index contributed by atoms with van der Waals surface area (Å²) >= 11 is 0. The molecule has 0 unspecified atom stereocenters. The largest absolute Gasteiger partial charge is 0.508 e. The van der Waals surface area contributed by atoms with Gasteiger partial charge in [-0.2, -0.15) is 0 Å². The molecule has 2 aromatic carbocycles. The third-order valence-electron chi connectivity index (χ3n) is 3.75. The van der Waals surface area contributed by atoms with Gasteiger partial charge in [-0.3, -0.25) is 0 Å². The Bertz CT molecular complexity index is 641. The molecule has 2 rings (SSSR count). The van der Waals surface area contributed by atoms with Gasteiger partial charge in [0.05, 0.1) is 13.7 Å². The molecule has 0 saturated heterocycles. The predicted octanol–water partition coefficient (Wildman–Crippen LogP) is 4.12. The second-order valence-electron chi connectivity index (χ2n) is 6.29. The maximum atomic E-state index is 9.48. The van der Waals surface area contributed by atoms with Gasteiger partial charge >= 0.3 is 0 Å². The second-order valence-corrected chi connectivity index (χ2v) is 6.29. The number of hydrogen-bond acceptors (Lipinski definition) is 4. The van der Waals surface area contributed by atoms with Crippen LogP contribution in [-0.4, -0.2) is 18.8 Å².